The number of nitrogens with zero attached hydrogens (tertiary/aromatic N) is 2. The summed E-state index contributed by atoms with van der Waals surface area (Å²) < 4.78 is 15.6. The van der Waals surface area contributed by atoms with Gasteiger partial charge in [-0.3, -0.25) is 19.8 Å². The number of furan rings is 1. The lowest BCUT2D eigenvalue weighted by molar-refractivity contribution is -0.384. The lowest BCUT2D eigenvalue weighted by atomic mass is 10.1. The molecule has 178 valence electrons. The van der Waals surface area contributed by atoms with Crippen LogP contribution in [0.1, 0.15) is 27.4 Å². The number of imide groups is 1. The van der Waals surface area contributed by atoms with Gasteiger partial charge in [-0.25, -0.2) is 9.59 Å². The lowest BCUT2D eigenvalue weighted by Gasteiger charge is -2.09. The second-order valence-electron chi connectivity index (χ2n) is 7.42. The number of urea groups is 1. The highest BCUT2D eigenvalue weighted by Crippen LogP contribution is 2.22. The van der Waals surface area contributed by atoms with Crippen LogP contribution in [0.25, 0.3) is 6.08 Å². The zero-order valence-electron chi connectivity index (χ0n) is 18.4. The van der Waals surface area contributed by atoms with Crippen molar-refractivity contribution in [3.63, 3.8) is 0 Å². The molecule has 1 aliphatic rings. The Bertz CT molecular complexity index is 1330. The number of benzene rings is 2. The van der Waals surface area contributed by atoms with E-state index in [1.165, 1.54) is 37.5 Å². The van der Waals surface area contributed by atoms with Gasteiger partial charge in [0, 0.05) is 12.1 Å². The Balaban J connectivity index is 1.42. The van der Waals surface area contributed by atoms with Crippen molar-refractivity contribution < 1.29 is 33.2 Å². The Morgan fingerprint density at radius 1 is 1.14 bits per heavy atom. The largest absolute Gasteiger partial charge is 0.489 e. The van der Waals surface area contributed by atoms with E-state index in [-0.39, 0.29) is 36.1 Å². The van der Waals surface area contributed by atoms with Crippen LogP contribution >= 0.6 is 0 Å². The van der Waals surface area contributed by atoms with Crippen LogP contribution in [0.2, 0.25) is 0 Å². The summed E-state index contributed by atoms with van der Waals surface area (Å²) in [6, 6.07) is 15.2. The molecule has 3 aromatic rings. The normalized spacial score (nSPS) is 14.2. The molecule has 0 spiro atoms. The topological polar surface area (TPSA) is 141 Å². The minimum Gasteiger partial charge on any atom is -0.489 e. The molecule has 1 aliphatic heterocycles. The number of ether oxygens (including phenoxy) is 2. The molecule has 11 nitrogen and oxygen atoms in total. The van der Waals surface area contributed by atoms with Gasteiger partial charge in [-0.05, 0) is 53.6 Å². The number of hydrogen-bond donors (Lipinski definition) is 1. The number of rotatable bonds is 8. The molecule has 35 heavy (non-hydrogen) atoms. The summed E-state index contributed by atoms with van der Waals surface area (Å²) in [4.78, 5) is 47.9. The van der Waals surface area contributed by atoms with Crippen molar-refractivity contribution in [3.8, 4) is 5.75 Å². The number of methoxy groups -OCH3 is 1. The highest BCUT2D eigenvalue weighted by molar-refractivity contribution is 6.13. The van der Waals surface area contributed by atoms with Gasteiger partial charge in [0.05, 0.1) is 18.6 Å². The molecule has 0 aliphatic carbocycles. The summed E-state index contributed by atoms with van der Waals surface area (Å²) in [5, 5.41) is 13.3. The van der Waals surface area contributed by atoms with Gasteiger partial charge < -0.3 is 19.2 Å². The monoisotopic (exact) mass is 477 g/mol. The fourth-order valence-corrected chi connectivity index (χ4v) is 3.29. The second kappa shape index (κ2) is 9.91. The summed E-state index contributed by atoms with van der Waals surface area (Å²) in [5.74, 6) is -0.488. The molecule has 11 heteroatoms. The Kier molecular flexibility index (Phi) is 6.58. The van der Waals surface area contributed by atoms with E-state index in [9.17, 15) is 24.5 Å². The molecule has 1 saturated heterocycles. The molecular weight excluding hydrogens is 458 g/mol. The van der Waals surface area contributed by atoms with Crippen LogP contribution in [-0.4, -0.2) is 34.8 Å². The minimum atomic E-state index is -0.662. The van der Waals surface area contributed by atoms with Crippen LogP contribution in [0, 0.1) is 10.1 Å². The van der Waals surface area contributed by atoms with Crippen LogP contribution in [0.3, 0.4) is 0 Å². The van der Waals surface area contributed by atoms with Gasteiger partial charge in [0.25, 0.3) is 11.6 Å². The highest BCUT2D eigenvalue weighted by atomic mass is 16.6. The fraction of sp³-hybridized carbons (Fsp3) is 0.125. The smallest absolute Gasteiger partial charge is 0.373 e. The highest BCUT2D eigenvalue weighted by Gasteiger charge is 2.34. The average molecular weight is 477 g/mol. The number of hydrogen-bond acceptors (Lipinski definition) is 8. The lowest BCUT2D eigenvalue weighted by Crippen LogP contribution is -2.30. The summed E-state index contributed by atoms with van der Waals surface area (Å²) in [6.45, 7) is 0.0373. The number of esters is 1. The molecule has 0 unspecified atom stereocenters. The Morgan fingerprint density at radius 2 is 1.91 bits per heavy atom. The van der Waals surface area contributed by atoms with Crippen LogP contribution in [0.4, 0.5) is 10.5 Å². The predicted molar refractivity (Wildman–Crippen MR) is 121 cm³/mol. The quantitative estimate of drug-likeness (QED) is 0.170. The number of non-ortho nitro benzene ring substituents is 1. The molecule has 4 rings (SSSR count). The minimum absolute atomic E-state index is 0.00403. The van der Waals surface area contributed by atoms with E-state index in [0.717, 1.165) is 10.5 Å². The molecule has 1 aromatic heterocycles. The molecule has 2 heterocycles. The molecule has 2 aromatic carbocycles. The molecule has 0 bridgehead atoms. The van der Waals surface area contributed by atoms with Gasteiger partial charge in [0.15, 0.2) is 0 Å². The van der Waals surface area contributed by atoms with Crippen molar-refractivity contribution in [1.82, 2.24) is 10.2 Å². The molecular formula is C24H19N3O8. The number of carbonyl (C=O) groups excluding carboxylic acids is 3. The number of amides is 3. The molecule has 0 radical (unpaired) electrons. The van der Waals surface area contributed by atoms with Gasteiger partial charge in [-0.2, -0.15) is 0 Å². The first-order valence-corrected chi connectivity index (χ1v) is 10.3. The number of nitro benzene ring substituents is 1. The Morgan fingerprint density at radius 3 is 2.63 bits per heavy atom. The number of carbonyl (C=O) groups is 3. The van der Waals surface area contributed by atoms with Crippen molar-refractivity contribution in [2.45, 2.75) is 13.2 Å². The van der Waals surface area contributed by atoms with Gasteiger partial charge in [0.1, 0.15) is 23.8 Å². The maximum atomic E-state index is 12.8. The van der Waals surface area contributed by atoms with Crippen LogP contribution in [-0.2, 0) is 22.7 Å². The maximum Gasteiger partial charge on any atom is 0.373 e. The third-order valence-electron chi connectivity index (χ3n) is 5.05. The first-order valence-electron chi connectivity index (χ1n) is 10.3. The van der Waals surface area contributed by atoms with E-state index >= 15 is 0 Å². The van der Waals surface area contributed by atoms with Crippen molar-refractivity contribution in [3.05, 3.63) is 99.1 Å². The number of nitro groups is 1. The third kappa shape index (κ3) is 5.36. The fourth-order valence-electron chi connectivity index (χ4n) is 3.29. The zero-order valence-corrected chi connectivity index (χ0v) is 18.4. The van der Waals surface area contributed by atoms with E-state index in [2.05, 4.69) is 10.1 Å². The van der Waals surface area contributed by atoms with Crippen LogP contribution < -0.4 is 10.1 Å². The SMILES string of the molecule is COC(=O)c1ccc(CN2C(=O)N/C(=C\c3cccc(OCc4ccc([N+](=O)[O-])cc4)c3)C2=O)o1. The van der Waals surface area contributed by atoms with E-state index in [1.54, 1.807) is 36.4 Å². The standard InChI is InChI=1S/C24H19N3O8/c1-33-23(29)21-10-9-19(35-21)13-26-22(28)20(25-24(26)30)12-16-3-2-4-18(11-16)34-14-15-5-7-17(8-6-15)27(31)32/h2-12H,13-14H2,1H3,(H,25,30)/b20-12-. The first-order chi connectivity index (χ1) is 16.8. The van der Waals surface area contributed by atoms with Crippen molar-refractivity contribution in [2.75, 3.05) is 7.11 Å². The zero-order chi connectivity index (χ0) is 24.9. The molecule has 1 fully saturated rings. The molecule has 3 amide bonds. The molecule has 0 atom stereocenters. The van der Waals surface area contributed by atoms with E-state index in [1.807, 2.05) is 0 Å². The van der Waals surface area contributed by atoms with E-state index in [4.69, 9.17) is 9.15 Å². The van der Waals surface area contributed by atoms with Crippen molar-refractivity contribution in [2.24, 2.45) is 0 Å². The first kappa shape index (κ1) is 23.2. The van der Waals surface area contributed by atoms with Crippen LogP contribution in [0.15, 0.2) is 70.8 Å². The van der Waals surface area contributed by atoms with Crippen molar-refractivity contribution >= 4 is 29.7 Å². The second-order valence-corrected chi connectivity index (χ2v) is 7.42. The van der Waals surface area contributed by atoms with E-state index in [0.29, 0.717) is 11.3 Å². The predicted octanol–water partition coefficient (Wildman–Crippen LogP) is 3.65. The van der Waals surface area contributed by atoms with Gasteiger partial charge in [0.2, 0.25) is 5.76 Å². The average Bonchev–Trinajstić information content (AvgIpc) is 3.43. The molecule has 1 N–H and O–H groups in total. The summed E-state index contributed by atoms with van der Waals surface area (Å²) in [5.41, 5.74) is 1.43. The summed E-state index contributed by atoms with van der Waals surface area (Å²) in [6.07, 6.45) is 1.51. The summed E-state index contributed by atoms with van der Waals surface area (Å²) >= 11 is 0. The van der Waals surface area contributed by atoms with Crippen molar-refractivity contribution in [1.29, 1.82) is 0 Å². The van der Waals surface area contributed by atoms with Gasteiger partial charge in [-0.15, -0.1) is 0 Å². The summed E-state index contributed by atoms with van der Waals surface area (Å²) in [7, 11) is 1.22. The third-order valence-corrected chi connectivity index (χ3v) is 5.05. The van der Waals surface area contributed by atoms with Gasteiger partial charge in [-0.1, -0.05) is 12.1 Å². The molecule has 0 saturated carbocycles. The van der Waals surface area contributed by atoms with Crippen LogP contribution in [0.5, 0.6) is 5.75 Å². The maximum absolute atomic E-state index is 12.8. The van der Waals surface area contributed by atoms with E-state index < -0.39 is 22.8 Å². The Labute approximate surface area is 198 Å². The van der Waals surface area contributed by atoms with Gasteiger partial charge >= 0.3 is 12.0 Å². The Hall–Kier alpha value is -4.93. The number of nitrogens with one attached hydrogen (secondary N) is 1.